The van der Waals surface area contributed by atoms with Crippen molar-refractivity contribution in [2.45, 2.75) is 17.0 Å². The lowest BCUT2D eigenvalue weighted by Crippen LogP contribution is -2.61. The van der Waals surface area contributed by atoms with Crippen LogP contribution in [0.3, 0.4) is 0 Å². The molecule has 4 amide bonds. The van der Waals surface area contributed by atoms with Crippen LogP contribution in [0.2, 0.25) is 0 Å². The molecule has 1 aromatic rings. The maximum Gasteiger partial charge on any atom is 0.340 e. The van der Waals surface area contributed by atoms with Gasteiger partial charge in [-0.05, 0) is 11.1 Å². The number of benzene rings is 1. The molecule has 26 heavy (non-hydrogen) atoms. The van der Waals surface area contributed by atoms with Crippen LogP contribution in [0, 0.1) is 0 Å². The second kappa shape index (κ2) is 7.81. The smallest absolute Gasteiger partial charge is 0.340 e. The minimum Gasteiger partial charge on any atom is -0.479 e. The molecule has 1 heterocycles. The fraction of sp³-hybridized carbons (Fsp3) is 0.200. The standard InChI is InChI=1S/C15H16N4O5S2/c1-8-25-15(26-8,13(22)23)12(21)19(14(17)24)18-11(20)6-9-4-2-3-5-10(9)7-16/h2-5H,1,6-7,16H2,(H2,17,24)(H,18,20)(H,22,23). The van der Waals surface area contributed by atoms with Crippen molar-refractivity contribution in [3.8, 4) is 0 Å². The summed E-state index contributed by atoms with van der Waals surface area (Å²) in [5.41, 5.74) is 14.2. The van der Waals surface area contributed by atoms with Crippen molar-refractivity contribution in [2.24, 2.45) is 11.5 Å². The van der Waals surface area contributed by atoms with Crippen LogP contribution in [0.25, 0.3) is 0 Å². The molecule has 1 aliphatic rings. The van der Waals surface area contributed by atoms with Crippen molar-refractivity contribution in [1.29, 1.82) is 0 Å². The van der Waals surface area contributed by atoms with Gasteiger partial charge >= 0.3 is 12.0 Å². The lowest BCUT2D eigenvalue weighted by atomic mass is 10.0. The molecule has 9 nitrogen and oxygen atoms in total. The monoisotopic (exact) mass is 396 g/mol. The molecular weight excluding hydrogens is 380 g/mol. The van der Waals surface area contributed by atoms with E-state index in [-0.39, 0.29) is 18.0 Å². The zero-order valence-electron chi connectivity index (χ0n) is 13.4. The number of imide groups is 1. The third kappa shape index (κ3) is 3.84. The highest BCUT2D eigenvalue weighted by Gasteiger charge is 2.59. The number of carbonyl (C=O) groups is 4. The maximum absolute atomic E-state index is 12.5. The molecule has 1 aliphatic heterocycles. The summed E-state index contributed by atoms with van der Waals surface area (Å²) in [7, 11) is 0. The number of hydrogen-bond donors (Lipinski definition) is 4. The molecule has 0 saturated carbocycles. The van der Waals surface area contributed by atoms with E-state index in [0.717, 1.165) is 5.56 Å². The summed E-state index contributed by atoms with van der Waals surface area (Å²) in [5, 5.41) is 9.55. The van der Waals surface area contributed by atoms with Crippen molar-refractivity contribution in [1.82, 2.24) is 10.4 Å². The number of primary amides is 1. The lowest BCUT2D eigenvalue weighted by molar-refractivity contribution is -0.146. The Hall–Kier alpha value is -2.50. The fourth-order valence-corrected chi connectivity index (χ4v) is 4.51. The average molecular weight is 396 g/mol. The quantitative estimate of drug-likeness (QED) is 0.410. The first-order chi connectivity index (χ1) is 12.2. The second-order valence-electron chi connectivity index (χ2n) is 5.16. The van der Waals surface area contributed by atoms with Gasteiger partial charge in [-0.15, -0.1) is 0 Å². The molecule has 1 aromatic carbocycles. The zero-order valence-corrected chi connectivity index (χ0v) is 15.1. The van der Waals surface area contributed by atoms with Crippen LogP contribution >= 0.6 is 23.5 Å². The Bertz CT molecular complexity index is 790. The van der Waals surface area contributed by atoms with Crippen LogP contribution in [0.4, 0.5) is 4.79 Å². The van der Waals surface area contributed by atoms with Gasteiger partial charge in [-0.1, -0.05) is 54.4 Å². The Balaban J connectivity index is 2.16. The van der Waals surface area contributed by atoms with Gasteiger partial charge in [-0.25, -0.2) is 9.59 Å². The van der Waals surface area contributed by atoms with Gasteiger partial charge in [0.15, 0.2) is 0 Å². The first-order valence-electron chi connectivity index (χ1n) is 7.22. The predicted molar refractivity (Wildman–Crippen MR) is 97.3 cm³/mol. The van der Waals surface area contributed by atoms with Gasteiger partial charge in [0.25, 0.3) is 5.91 Å². The van der Waals surface area contributed by atoms with Crippen LogP contribution in [0.1, 0.15) is 11.1 Å². The number of urea groups is 1. The molecular formula is C15H16N4O5S2. The van der Waals surface area contributed by atoms with Gasteiger partial charge in [-0.3, -0.25) is 15.0 Å². The number of nitrogens with two attached hydrogens (primary N) is 2. The normalized spacial score (nSPS) is 14.9. The SMILES string of the molecule is C=C1SC(C(=O)O)(C(=O)N(NC(=O)Cc2ccccc2CN)C(N)=O)S1. The van der Waals surface area contributed by atoms with E-state index in [9.17, 15) is 24.3 Å². The largest absolute Gasteiger partial charge is 0.479 e. The van der Waals surface area contributed by atoms with Crippen LogP contribution in [-0.2, 0) is 27.3 Å². The van der Waals surface area contributed by atoms with Crippen molar-refractivity contribution >= 4 is 47.3 Å². The number of carbonyl (C=O) groups excluding carboxylic acids is 3. The molecule has 0 spiro atoms. The predicted octanol–water partition coefficient (Wildman–Crippen LogP) is 0.358. The van der Waals surface area contributed by atoms with Crippen LogP contribution in [0.5, 0.6) is 0 Å². The molecule has 0 aliphatic carbocycles. The molecule has 0 aromatic heterocycles. The summed E-state index contributed by atoms with van der Waals surface area (Å²) in [4.78, 5) is 47.8. The van der Waals surface area contributed by atoms with Crippen molar-refractivity contribution < 1.29 is 24.3 Å². The summed E-state index contributed by atoms with van der Waals surface area (Å²) in [6, 6.07) is 5.60. The van der Waals surface area contributed by atoms with Crippen LogP contribution in [0.15, 0.2) is 35.1 Å². The van der Waals surface area contributed by atoms with Crippen molar-refractivity contribution in [3.05, 3.63) is 46.2 Å². The third-order valence-corrected chi connectivity index (χ3v) is 6.16. The summed E-state index contributed by atoms with van der Waals surface area (Å²) in [6.07, 6.45) is -0.169. The number of amides is 4. The van der Waals surface area contributed by atoms with Gasteiger partial charge < -0.3 is 16.6 Å². The lowest BCUT2D eigenvalue weighted by Gasteiger charge is -2.37. The molecule has 0 radical (unpaired) electrons. The molecule has 0 unspecified atom stereocenters. The number of nitrogens with one attached hydrogen (secondary N) is 1. The third-order valence-electron chi connectivity index (χ3n) is 3.43. The Labute approximate surface area is 157 Å². The average Bonchev–Trinajstić information content (AvgIpc) is 2.56. The number of rotatable bonds is 5. The minimum absolute atomic E-state index is 0.169. The molecule has 0 bridgehead atoms. The maximum atomic E-state index is 12.5. The summed E-state index contributed by atoms with van der Waals surface area (Å²) in [5.74, 6) is -3.36. The second-order valence-corrected chi connectivity index (χ2v) is 8.30. The summed E-state index contributed by atoms with van der Waals surface area (Å²) >= 11 is 1.35. The van der Waals surface area contributed by atoms with Gasteiger partial charge in [0.2, 0.25) is 9.99 Å². The number of hydrazine groups is 1. The fourth-order valence-electron chi connectivity index (χ4n) is 2.21. The Kier molecular flexibility index (Phi) is 5.95. The van der Waals surface area contributed by atoms with Gasteiger partial charge in [0, 0.05) is 10.8 Å². The molecule has 1 saturated heterocycles. The van der Waals surface area contributed by atoms with Crippen molar-refractivity contribution in [3.63, 3.8) is 0 Å². The summed E-state index contributed by atoms with van der Waals surface area (Å²) in [6.45, 7) is 3.74. The highest BCUT2D eigenvalue weighted by Crippen LogP contribution is 2.59. The number of thioether (sulfide) groups is 2. The Morgan fingerprint density at radius 3 is 2.23 bits per heavy atom. The van der Waals surface area contributed by atoms with Gasteiger partial charge in [0.1, 0.15) is 0 Å². The number of carboxylic acid groups (broad SMARTS) is 1. The van der Waals surface area contributed by atoms with Crippen molar-refractivity contribution in [2.75, 3.05) is 0 Å². The molecule has 6 N–H and O–H groups in total. The topological polar surface area (TPSA) is 156 Å². The highest BCUT2D eigenvalue weighted by molar-refractivity contribution is 8.41. The highest BCUT2D eigenvalue weighted by atomic mass is 32.3. The van der Waals surface area contributed by atoms with E-state index >= 15 is 0 Å². The molecule has 138 valence electrons. The summed E-state index contributed by atoms with van der Waals surface area (Å²) < 4.78 is -1.61. The van der Waals surface area contributed by atoms with Gasteiger partial charge in [0.05, 0.1) is 6.42 Å². The van der Waals surface area contributed by atoms with E-state index in [4.69, 9.17) is 11.5 Å². The molecule has 1 fully saturated rings. The van der Waals surface area contributed by atoms with E-state index in [1.54, 1.807) is 24.3 Å². The minimum atomic E-state index is -2.01. The van der Waals surface area contributed by atoms with Crippen LogP contribution in [-0.4, -0.2) is 38.0 Å². The number of carboxylic acids is 1. The van der Waals surface area contributed by atoms with E-state index in [2.05, 4.69) is 12.0 Å². The number of hydrogen-bond acceptors (Lipinski definition) is 7. The Morgan fingerprint density at radius 2 is 1.77 bits per heavy atom. The first kappa shape index (κ1) is 19.8. The van der Waals surface area contributed by atoms with E-state index in [1.807, 2.05) is 0 Å². The molecule has 0 atom stereocenters. The van der Waals surface area contributed by atoms with E-state index < -0.39 is 27.9 Å². The Morgan fingerprint density at radius 1 is 1.19 bits per heavy atom. The molecule has 2 rings (SSSR count). The van der Waals surface area contributed by atoms with E-state index in [0.29, 0.717) is 33.3 Å². The zero-order chi connectivity index (χ0) is 19.5. The molecule has 11 heteroatoms. The van der Waals surface area contributed by atoms with Gasteiger partial charge in [-0.2, -0.15) is 5.01 Å². The number of nitrogens with zero attached hydrogens (tertiary/aromatic N) is 1. The first-order valence-corrected chi connectivity index (χ1v) is 8.85. The number of aliphatic carboxylic acids is 1. The van der Waals surface area contributed by atoms with Crippen LogP contribution < -0.4 is 16.9 Å². The van der Waals surface area contributed by atoms with E-state index in [1.165, 1.54) is 0 Å².